The highest BCUT2D eigenvalue weighted by Gasteiger charge is 2.18. The topological polar surface area (TPSA) is 81.2 Å². The number of hydrogen-bond acceptors (Lipinski definition) is 5. The average Bonchev–Trinajstić information content (AvgIpc) is 2.41. The smallest absolute Gasteiger partial charge is 0.264 e. The van der Waals surface area contributed by atoms with Crippen LogP contribution in [0.15, 0.2) is 41.6 Å². The van der Waals surface area contributed by atoms with Crippen molar-refractivity contribution in [3.05, 3.63) is 42.5 Å². The number of nitrogens with zero attached hydrogens (tertiary/aromatic N) is 2. The molecule has 1 aromatic carbocycles. The van der Waals surface area contributed by atoms with E-state index in [1.807, 2.05) is 0 Å². The zero-order valence-corrected chi connectivity index (χ0v) is 12.3. The standard InChI is InChI=1S/C13H14FN3O3S/c1-9(2)20-12-5-4-10(8-11(12)14)21(18,19)17-13-15-6-3-7-16-13/h3-9H,1-2H3,(H,15,16,17). The van der Waals surface area contributed by atoms with Gasteiger partial charge in [0.25, 0.3) is 10.0 Å². The summed E-state index contributed by atoms with van der Waals surface area (Å²) in [6.07, 6.45) is 2.58. The lowest BCUT2D eigenvalue weighted by atomic mass is 10.3. The lowest BCUT2D eigenvalue weighted by molar-refractivity contribution is 0.231. The van der Waals surface area contributed by atoms with Gasteiger partial charge in [0, 0.05) is 12.4 Å². The molecular formula is C13H14FN3O3S. The van der Waals surface area contributed by atoms with Crippen LogP contribution in [0.25, 0.3) is 0 Å². The molecular weight excluding hydrogens is 297 g/mol. The van der Waals surface area contributed by atoms with E-state index in [2.05, 4.69) is 14.7 Å². The van der Waals surface area contributed by atoms with Crippen LogP contribution in [0.5, 0.6) is 5.75 Å². The fourth-order valence-corrected chi connectivity index (χ4v) is 2.50. The van der Waals surface area contributed by atoms with Gasteiger partial charge < -0.3 is 4.74 Å². The van der Waals surface area contributed by atoms with Crippen molar-refractivity contribution in [2.45, 2.75) is 24.8 Å². The van der Waals surface area contributed by atoms with Gasteiger partial charge in [-0.2, -0.15) is 0 Å². The Labute approximate surface area is 122 Å². The average molecular weight is 311 g/mol. The molecule has 1 aromatic heterocycles. The number of aromatic nitrogens is 2. The van der Waals surface area contributed by atoms with E-state index in [1.165, 1.54) is 24.5 Å². The molecule has 0 saturated carbocycles. The molecule has 0 saturated heterocycles. The van der Waals surface area contributed by atoms with Gasteiger partial charge in [-0.3, -0.25) is 0 Å². The van der Waals surface area contributed by atoms with E-state index in [4.69, 9.17) is 4.74 Å². The molecule has 6 nitrogen and oxygen atoms in total. The van der Waals surface area contributed by atoms with Crippen molar-refractivity contribution in [3.63, 3.8) is 0 Å². The number of sulfonamides is 1. The molecule has 0 radical (unpaired) electrons. The fraction of sp³-hybridized carbons (Fsp3) is 0.231. The van der Waals surface area contributed by atoms with E-state index in [-0.39, 0.29) is 22.7 Å². The normalized spacial score (nSPS) is 11.4. The molecule has 0 unspecified atom stereocenters. The SMILES string of the molecule is CC(C)Oc1ccc(S(=O)(=O)Nc2ncccn2)cc1F. The molecule has 0 atom stereocenters. The van der Waals surface area contributed by atoms with Crippen LogP contribution >= 0.6 is 0 Å². The van der Waals surface area contributed by atoms with Crippen LogP contribution in [0.4, 0.5) is 10.3 Å². The van der Waals surface area contributed by atoms with Crippen molar-refractivity contribution in [2.24, 2.45) is 0 Å². The Morgan fingerprint density at radius 1 is 1.24 bits per heavy atom. The van der Waals surface area contributed by atoms with Crippen LogP contribution in [-0.2, 0) is 10.0 Å². The third-order valence-electron chi connectivity index (χ3n) is 2.37. The molecule has 0 amide bonds. The highest BCUT2D eigenvalue weighted by Crippen LogP contribution is 2.23. The summed E-state index contributed by atoms with van der Waals surface area (Å²) in [5.41, 5.74) is 0. The van der Waals surface area contributed by atoms with Gasteiger partial charge in [0.2, 0.25) is 5.95 Å². The molecule has 0 aliphatic rings. The van der Waals surface area contributed by atoms with Crippen molar-refractivity contribution in [2.75, 3.05) is 4.72 Å². The second-order valence-corrected chi connectivity index (χ2v) is 6.12. The molecule has 8 heteroatoms. The molecule has 0 spiro atoms. The third-order valence-corrected chi connectivity index (χ3v) is 3.69. The van der Waals surface area contributed by atoms with Crippen LogP contribution in [0.3, 0.4) is 0 Å². The maximum Gasteiger partial charge on any atom is 0.264 e. The maximum atomic E-state index is 13.8. The largest absolute Gasteiger partial charge is 0.488 e. The Morgan fingerprint density at radius 2 is 1.90 bits per heavy atom. The zero-order valence-electron chi connectivity index (χ0n) is 11.4. The van der Waals surface area contributed by atoms with Gasteiger partial charge in [0.05, 0.1) is 11.0 Å². The van der Waals surface area contributed by atoms with Crippen molar-refractivity contribution in [1.82, 2.24) is 9.97 Å². The summed E-state index contributed by atoms with van der Waals surface area (Å²) in [5, 5.41) is 0. The molecule has 1 N–H and O–H groups in total. The van der Waals surface area contributed by atoms with Crippen molar-refractivity contribution in [3.8, 4) is 5.75 Å². The van der Waals surface area contributed by atoms with Gasteiger partial charge in [-0.25, -0.2) is 27.5 Å². The Bertz CT molecular complexity index is 721. The minimum absolute atomic E-state index is 0.0000823. The molecule has 0 bridgehead atoms. The number of ether oxygens (including phenoxy) is 1. The molecule has 1 heterocycles. The molecule has 0 aliphatic heterocycles. The number of halogens is 1. The predicted octanol–water partition coefficient (Wildman–Crippen LogP) is 2.20. The van der Waals surface area contributed by atoms with Gasteiger partial charge in [-0.1, -0.05) is 0 Å². The maximum absolute atomic E-state index is 13.8. The predicted molar refractivity (Wildman–Crippen MR) is 75.0 cm³/mol. The van der Waals surface area contributed by atoms with E-state index in [0.29, 0.717) is 0 Å². The third kappa shape index (κ3) is 3.88. The summed E-state index contributed by atoms with van der Waals surface area (Å²) in [6, 6.07) is 4.97. The fourth-order valence-electron chi connectivity index (χ4n) is 1.53. The molecule has 2 aromatic rings. The summed E-state index contributed by atoms with van der Waals surface area (Å²) in [4.78, 5) is 7.27. The van der Waals surface area contributed by atoms with Crippen LogP contribution in [-0.4, -0.2) is 24.5 Å². The number of nitrogens with one attached hydrogen (secondary N) is 1. The monoisotopic (exact) mass is 311 g/mol. The minimum Gasteiger partial charge on any atom is -0.488 e. The number of rotatable bonds is 5. The summed E-state index contributed by atoms with van der Waals surface area (Å²) in [5.74, 6) is -0.833. The van der Waals surface area contributed by atoms with Crippen LogP contribution in [0.2, 0.25) is 0 Å². The van der Waals surface area contributed by atoms with E-state index in [0.717, 1.165) is 6.07 Å². The Morgan fingerprint density at radius 3 is 2.48 bits per heavy atom. The molecule has 2 rings (SSSR count). The van der Waals surface area contributed by atoms with E-state index >= 15 is 0 Å². The first-order valence-electron chi connectivity index (χ1n) is 6.14. The highest BCUT2D eigenvalue weighted by molar-refractivity contribution is 7.92. The second-order valence-electron chi connectivity index (χ2n) is 4.44. The molecule has 112 valence electrons. The van der Waals surface area contributed by atoms with Gasteiger partial charge in [0.15, 0.2) is 11.6 Å². The Balaban J connectivity index is 2.27. The van der Waals surface area contributed by atoms with Crippen LogP contribution in [0.1, 0.15) is 13.8 Å². The number of hydrogen-bond donors (Lipinski definition) is 1. The molecule has 0 aliphatic carbocycles. The summed E-state index contributed by atoms with van der Waals surface area (Å²) >= 11 is 0. The van der Waals surface area contributed by atoms with Crippen LogP contribution in [0, 0.1) is 5.82 Å². The quantitative estimate of drug-likeness (QED) is 0.915. The second kappa shape index (κ2) is 6.04. The summed E-state index contributed by atoms with van der Waals surface area (Å²) in [7, 11) is -3.95. The molecule has 0 fully saturated rings. The number of benzene rings is 1. The number of anilines is 1. The first-order chi connectivity index (χ1) is 9.88. The van der Waals surface area contributed by atoms with Gasteiger partial charge in [-0.05, 0) is 38.1 Å². The van der Waals surface area contributed by atoms with Crippen LogP contribution < -0.4 is 9.46 Å². The lowest BCUT2D eigenvalue weighted by Crippen LogP contribution is -2.15. The Kier molecular flexibility index (Phi) is 4.37. The first-order valence-corrected chi connectivity index (χ1v) is 7.63. The Hall–Kier alpha value is -2.22. The first kappa shape index (κ1) is 15.2. The summed E-state index contributed by atoms with van der Waals surface area (Å²) in [6.45, 7) is 3.50. The van der Waals surface area contributed by atoms with Gasteiger partial charge in [0.1, 0.15) is 0 Å². The van der Waals surface area contributed by atoms with Gasteiger partial charge >= 0.3 is 0 Å². The molecule has 21 heavy (non-hydrogen) atoms. The zero-order chi connectivity index (χ0) is 15.5. The lowest BCUT2D eigenvalue weighted by Gasteiger charge is -2.12. The highest BCUT2D eigenvalue weighted by atomic mass is 32.2. The van der Waals surface area contributed by atoms with Crippen molar-refractivity contribution >= 4 is 16.0 Å². The van der Waals surface area contributed by atoms with E-state index in [1.54, 1.807) is 19.9 Å². The van der Waals surface area contributed by atoms with E-state index in [9.17, 15) is 12.8 Å². The summed E-state index contributed by atoms with van der Waals surface area (Å²) < 4.78 is 45.4. The van der Waals surface area contributed by atoms with E-state index < -0.39 is 15.8 Å². The van der Waals surface area contributed by atoms with Crippen molar-refractivity contribution in [1.29, 1.82) is 0 Å². The minimum atomic E-state index is -3.95. The van der Waals surface area contributed by atoms with Gasteiger partial charge in [-0.15, -0.1) is 0 Å². The van der Waals surface area contributed by atoms with Crippen molar-refractivity contribution < 1.29 is 17.5 Å².